The van der Waals surface area contributed by atoms with Crippen LogP contribution in [0.2, 0.25) is 0 Å². The monoisotopic (exact) mass is 245 g/mol. The Morgan fingerprint density at radius 1 is 1.24 bits per heavy atom. The average molecular weight is 245 g/mol. The summed E-state index contributed by atoms with van der Waals surface area (Å²) < 4.78 is 44.5. The molecule has 1 atom stereocenters. The van der Waals surface area contributed by atoms with Gasteiger partial charge in [0.05, 0.1) is 6.10 Å². The van der Waals surface area contributed by atoms with E-state index in [2.05, 4.69) is 5.32 Å². The summed E-state index contributed by atoms with van der Waals surface area (Å²) in [4.78, 5) is 0. The van der Waals surface area contributed by atoms with E-state index in [1.54, 1.807) is 0 Å². The van der Waals surface area contributed by atoms with Crippen LogP contribution in [-0.2, 0) is 4.74 Å². The van der Waals surface area contributed by atoms with Crippen LogP contribution in [0.15, 0.2) is 12.1 Å². The van der Waals surface area contributed by atoms with Crippen molar-refractivity contribution in [1.82, 2.24) is 0 Å². The summed E-state index contributed by atoms with van der Waals surface area (Å²) in [6, 6.07) is 1.33. The Morgan fingerprint density at radius 2 is 1.94 bits per heavy atom. The standard InChI is InChI=1S/C12H14F3NO/c13-8-6-10(14)12(11(15)7-8)16-4-3-9-2-1-5-17-9/h6-7,9,16H,1-5H2. The summed E-state index contributed by atoms with van der Waals surface area (Å²) in [6.07, 6.45) is 2.87. The van der Waals surface area contributed by atoms with E-state index < -0.39 is 17.5 Å². The van der Waals surface area contributed by atoms with Gasteiger partial charge in [-0.2, -0.15) is 0 Å². The molecule has 17 heavy (non-hydrogen) atoms. The van der Waals surface area contributed by atoms with E-state index in [-0.39, 0.29) is 11.8 Å². The molecular weight excluding hydrogens is 231 g/mol. The Bertz CT molecular complexity index is 368. The maximum atomic E-state index is 13.2. The molecule has 1 aliphatic heterocycles. The molecule has 1 aromatic carbocycles. The Balaban J connectivity index is 1.89. The summed E-state index contributed by atoms with van der Waals surface area (Å²) in [7, 11) is 0. The minimum Gasteiger partial charge on any atom is -0.380 e. The molecule has 94 valence electrons. The van der Waals surface area contributed by atoms with Crippen LogP contribution in [0.3, 0.4) is 0 Å². The number of anilines is 1. The van der Waals surface area contributed by atoms with Crippen LogP contribution in [0.4, 0.5) is 18.9 Å². The number of rotatable bonds is 4. The summed E-state index contributed by atoms with van der Waals surface area (Å²) in [5.74, 6) is -2.73. The molecule has 0 amide bonds. The largest absolute Gasteiger partial charge is 0.380 e. The Kier molecular flexibility index (Phi) is 3.89. The Morgan fingerprint density at radius 3 is 2.53 bits per heavy atom. The fourth-order valence-electron chi connectivity index (χ4n) is 1.94. The molecular formula is C12H14F3NO. The van der Waals surface area contributed by atoms with Crippen LogP contribution in [0, 0.1) is 17.5 Å². The van der Waals surface area contributed by atoms with E-state index in [1.807, 2.05) is 0 Å². The first-order chi connectivity index (χ1) is 8.16. The van der Waals surface area contributed by atoms with E-state index in [0.717, 1.165) is 19.4 Å². The predicted octanol–water partition coefficient (Wildman–Crippen LogP) is 3.08. The zero-order valence-electron chi connectivity index (χ0n) is 9.31. The van der Waals surface area contributed by atoms with Gasteiger partial charge in [-0.15, -0.1) is 0 Å². The van der Waals surface area contributed by atoms with Gasteiger partial charge in [0.25, 0.3) is 0 Å². The van der Waals surface area contributed by atoms with E-state index in [4.69, 9.17) is 4.74 Å². The summed E-state index contributed by atoms with van der Waals surface area (Å²) in [5, 5.41) is 2.64. The normalized spacial score (nSPS) is 19.6. The SMILES string of the molecule is Fc1cc(F)c(NCCC2CCCO2)c(F)c1. The Hall–Kier alpha value is -1.23. The highest BCUT2D eigenvalue weighted by Gasteiger charge is 2.16. The van der Waals surface area contributed by atoms with Gasteiger partial charge >= 0.3 is 0 Å². The summed E-state index contributed by atoms with van der Waals surface area (Å²) in [6.45, 7) is 1.16. The van der Waals surface area contributed by atoms with Crippen molar-refractivity contribution in [3.63, 3.8) is 0 Å². The number of ether oxygens (including phenoxy) is 1. The fraction of sp³-hybridized carbons (Fsp3) is 0.500. The van der Waals surface area contributed by atoms with E-state index in [1.165, 1.54) is 0 Å². The van der Waals surface area contributed by atoms with Crippen LogP contribution in [0.5, 0.6) is 0 Å². The molecule has 1 fully saturated rings. The van der Waals surface area contributed by atoms with Crippen LogP contribution < -0.4 is 5.32 Å². The maximum Gasteiger partial charge on any atom is 0.152 e. The van der Waals surface area contributed by atoms with Gasteiger partial charge in [0.1, 0.15) is 11.5 Å². The molecule has 5 heteroatoms. The molecule has 0 aliphatic carbocycles. The first-order valence-electron chi connectivity index (χ1n) is 5.67. The van der Waals surface area contributed by atoms with Gasteiger partial charge < -0.3 is 10.1 Å². The number of hydrogen-bond acceptors (Lipinski definition) is 2. The minimum atomic E-state index is -0.912. The smallest absolute Gasteiger partial charge is 0.152 e. The summed E-state index contributed by atoms with van der Waals surface area (Å²) >= 11 is 0. The first-order valence-corrected chi connectivity index (χ1v) is 5.67. The highest BCUT2D eigenvalue weighted by Crippen LogP contribution is 2.21. The number of benzene rings is 1. The molecule has 1 unspecified atom stereocenters. The molecule has 0 aromatic heterocycles. The first kappa shape index (κ1) is 12.2. The molecule has 1 aromatic rings. The lowest BCUT2D eigenvalue weighted by Crippen LogP contribution is -2.14. The fourth-order valence-corrected chi connectivity index (χ4v) is 1.94. The second-order valence-electron chi connectivity index (χ2n) is 4.09. The van der Waals surface area contributed by atoms with Crippen molar-refractivity contribution < 1.29 is 17.9 Å². The molecule has 1 heterocycles. The molecule has 2 nitrogen and oxygen atoms in total. The van der Waals surface area contributed by atoms with Gasteiger partial charge in [-0.3, -0.25) is 0 Å². The molecule has 1 saturated heterocycles. The molecule has 0 bridgehead atoms. The van der Waals surface area contributed by atoms with Crippen molar-refractivity contribution in [2.45, 2.75) is 25.4 Å². The molecule has 1 aliphatic rings. The maximum absolute atomic E-state index is 13.2. The lowest BCUT2D eigenvalue weighted by atomic mass is 10.2. The van der Waals surface area contributed by atoms with Gasteiger partial charge in [0.15, 0.2) is 11.6 Å². The third-order valence-electron chi connectivity index (χ3n) is 2.80. The Labute approximate surface area is 97.8 Å². The van der Waals surface area contributed by atoms with Gasteiger partial charge in [-0.1, -0.05) is 0 Å². The lowest BCUT2D eigenvalue weighted by molar-refractivity contribution is 0.107. The molecule has 0 saturated carbocycles. The van der Waals surface area contributed by atoms with Gasteiger partial charge in [-0.05, 0) is 19.3 Å². The number of nitrogens with one attached hydrogen (secondary N) is 1. The van der Waals surface area contributed by atoms with Crippen LogP contribution >= 0.6 is 0 Å². The van der Waals surface area contributed by atoms with Gasteiger partial charge in [-0.25, -0.2) is 13.2 Å². The second kappa shape index (κ2) is 5.40. The van der Waals surface area contributed by atoms with Crippen molar-refractivity contribution in [1.29, 1.82) is 0 Å². The number of halogens is 3. The van der Waals surface area contributed by atoms with Crippen molar-refractivity contribution in [3.05, 3.63) is 29.6 Å². The topological polar surface area (TPSA) is 21.3 Å². The van der Waals surface area contributed by atoms with E-state index in [9.17, 15) is 13.2 Å². The zero-order valence-corrected chi connectivity index (χ0v) is 9.31. The molecule has 1 N–H and O–H groups in total. The lowest BCUT2D eigenvalue weighted by Gasteiger charge is -2.12. The minimum absolute atomic E-state index is 0.161. The van der Waals surface area contributed by atoms with E-state index >= 15 is 0 Å². The van der Waals surface area contributed by atoms with Crippen molar-refractivity contribution in [2.75, 3.05) is 18.5 Å². The predicted molar refractivity (Wildman–Crippen MR) is 58.4 cm³/mol. The number of hydrogen-bond donors (Lipinski definition) is 1. The second-order valence-corrected chi connectivity index (χ2v) is 4.09. The highest BCUT2D eigenvalue weighted by molar-refractivity contribution is 5.46. The molecule has 0 radical (unpaired) electrons. The van der Waals surface area contributed by atoms with Gasteiger partial charge in [0.2, 0.25) is 0 Å². The average Bonchev–Trinajstić information content (AvgIpc) is 2.74. The third-order valence-corrected chi connectivity index (χ3v) is 2.80. The third kappa shape index (κ3) is 3.12. The molecule has 0 spiro atoms. The van der Waals surface area contributed by atoms with Crippen LogP contribution in [-0.4, -0.2) is 19.3 Å². The van der Waals surface area contributed by atoms with Crippen LogP contribution in [0.25, 0.3) is 0 Å². The van der Waals surface area contributed by atoms with Gasteiger partial charge in [0, 0.05) is 25.3 Å². The van der Waals surface area contributed by atoms with E-state index in [0.29, 0.717) is 25.1 Å². The van der Waals surface area contributed by atoms with Crippen molar-refractivity contribution >= 4 is 5.69 Å². The van der Waals surface area contributed by atoms with Crippen molar-refractivity contribution in [3.8, 4) is 0 Å². The van der Waals surface area contributed by atoms with Crippen molar-refractivity contribution in [2.24, 2.45) is 0 Å². The summed E-state index contributed by atoms with van der Waals surface area (Å²) in [5.41, 5.74) is -0.274. The quantitative estimate of drug-likeness (QED) is 0.880. The highest BCUT2D eigenvalue weighted by atomic mass is 19.1. The van der Waals surface area contributed by atoms with Crippen LogP contribution in [0.1, 0.15) is 19.3 Å². The molecule has 2 rings (SSSR count). The zero-order chi connectivity index (χ0) is 12.3.